The lowest BCUT2D eigenvalue weighted by molar-refractivity contribution is -0.158. The number of unbranched alkanes of at least 4 members (excludes halogenated alkanes) is 2. The molecule has 1 aromatic carbocycles. The van der Waals surface area contributed by atoms with E-state index in [0.29, 0.717) is 6.42 Å². The Morgan fingerprint density at radius 2 is 1.94 bits per heavy atom. The highest BCUT2D eigenvalue weighted by Gasteiger charge is 2.05. The third-order valence-corrected chi connectivity index (χ3v) is 2.27. The van der Waals surface area contributed by atoms with Crippen molar-refractivity contribution >= 4 is 11.9 Å². The number of rotatable bonds is 6. The van der Waals surface area contributed by atoms with Crippen molar-refractivity contribution in [2.24, 2.45) is 0 Å². The molecule has 1 radical (unpaired) electrons. The van der Waals surface area contributed by atoms with Crippen LogP contribution in [0.4, 0.5) is 0 Å². The average molecular weight is 233 g/mol. The number of benzene rings is 1. The van der Waals surface area contributed by atoms with Gasteiger partial charge in [-0.1, -0.05) is 30.3 Å². The first-order valence-corrected chi connectivity index (χ1v) is 5.75. The number of carbonyl (C=O) groups is 2. The number of ether oxygens (including phenoxy) is 1. The van der Waals surface area contributed by atoms with Gasteiger partial charge in [-0.15, -0.1) is 0 Å². The van der Waals surface area contributed by atoms with Crippen molar-refractivity contribution in [1.82, 2.24) is 0 Å². The molecule has 0 amide bonds. The highest BCUT2D eigenvalue weighted by atomic mass is 16.6. The molecule has 1 aromatic rings. The van der Waals surface area contributed by atoms with Crippen molar-refractivity contribution in [2.45, 2.75) is 32.6 Å². The van der Waals surface area contributed by atoms with Crippen molar-refractivity contribution in [3.63, 3.8) is 0 Å². The smallest absolute Gasteiger partial charge is 0.313 e. The molecule has 0 aromatic heterocycles. The van der Waals surface area contributed by atoms with E-state index in [9.17, 15) is 9.59 Å². The Hall–Kier alpha value is -1.64. The van der Waals surface area contributed by atoms with E-state index in [0.717, 1.165) is 19.3 Å². The lowest BCUT2D eigenvalue weighted by Gasteiger charge is -2.01. The Kier molecular flexibility index (Phi) is 6.00. The molecule has 91 valence electrons. The van der Waals surface area contributed by atoms with Gasteiger partial charge in [-0.3, -0.25) is 9.59 Å². The third kappa shape index (κ3) is 6.51. The van der Waals surface area contributed by atoms with Crippen molar-refractivity contribution in [2.75, 3.05) is 0 Å². The fraction of sp³-hybridized carbons (Fsp3) is 0.357. The fourth-order valence-corrected chi connectivity index (χ4v) is 1.48. The van der Waals surface area contributed by atoms with E-state index in [4.69, 9.17) is 0 Å². The molecular weight excluding hydrogens is 216 g/mol. The molecule has 0 unspecified atom stereocenters. The van der Waals surface area contributed by atoms with E-state index in [1.807, 2.05) is 18.2 Å². The van der Waals surface area contributed by atoms with E-state index >= 15 is 0 Å². The van der Waals surface area contributed by atoms with Crippen molar-refractivity contribution < 1.29 is 14.3 Å². The zero-order valence-corrected chi connectivity index (χ0v) is 10.0. The Morgan fingerprint density at radius 1 is 1.24 bits per heavy atom. The molecule has 0 N–H and O–H groups in total. The summed E-state index contributed by atoms with van der Waals surface area (Å²) in [6, 6.07) is 10.1. The Bertz CT molecular complexity index is 357. The Morgan fingerprint density at radius 3 is 2.59 bits per heavy atom. The van der Waals surface area contributed by atoms with Crippen LogP contribution in [-0.4, -0.2) is 11.9 Å². The normalized spacial score (nSPS) is 9.94. The number of hydrogen-bond donors (Lipinski definition) is 0. The van der Waals surface area contributed by atoms with Crippen LogP contribution >= 0.6 is 0 Å². The summed E-state index contributed by atoms with van der Waals surface area (Å²) in [7, 11) is 0. The molecule has 0 atom stereocenters. The van der Waals surface area contributed by atoms with Crippen LogP contribution in [0.25, 0.3) is 0 Å². The van der Waals surface area contributed by atoms with Gasteiger partial charge in [0.15, 0.2) is 0 Å². The predicted octanol–water partition coefficient (Wildman–Crippen LogP) is 2.69. The van der Waals surface area contributed by atoms with Crippen LogP contribution in [0.15, 0.2) is 30.3 Å². The average Bonchev–Trinajstić information content (AvgIpc) is 2.29. The number of carbonyl (C=O) groups excluding carboxylic acids is 2. The monoisotopic (exact) mass is 233 g/mol. The lowest BCUT2D eigenvalue weighted by atomic mass is 10.1. The molecular formula is C14H17O3. The van der Waals surface area contributed by atoms with E-state index in [2.05, 4.69) is 23.3 Å². The first-order valence-electron chi connectivity index (χ1n) is 5.75. The van der Waals surface area contributed by atoms with Gasteiger partial charge in [0.05, 0.1) is 0 Å². The summed E-state index contributed by atoms with van der Waals surface area (Å²) in [5.74, 6) is -0.978. The van der Waals surface area contributed by atoms with Crippen LogP contribution in [0.3, 0.4) is 0 Å². The molecule has 0 aliphatic rings. The molecule has 3 heteroatoms. The summed E-state index contributed by atoms with van der Waals surface area (Å²) < 4.78 is 4.42. The maximum atomic E-state index is 11.0. The minimum atomic E-state index is -0.539. The maximum Gasteiger partial charge on any atom is 0.313 e. The molecule has 0 bridgehead atoms. The molecule has 0 saturated heterocycles. The summed E-state index contributed by atoms with van der Waals surface area (Å²) in [4.78, 5) is 21.5. The number of esters is 2. The summed E-state index contributed by atoms with van der Waals surface area (Å²) >= 11 is 0. The second kappa shape index (κ2) is 7.60. The van der Waals surface area contributed by atoms with E-state index in [1.54, 1.807) is 0 Å². The molecule has 0 aliphatic heterocycles. The first-order chi connectivity index (χ1) is 8.18. The zero-order valence-electron chi connectivity index (χ0n) is 10.0. The Balaban J connectivity index is 2.05. The topological polar surface area (TPSA) is 43.4 Å². The van der Waals surface area contributed by atoms with Crippen molar-refractivity contribution in [1.29, 1.82) is 0 Å². The third-order valence-electron chi connectivity index (χ3n) is 2.27. The summed E-state index contributed by atoms with van der Waals surface area (Å²) in [6.45, 7) is 1.24. The quantitative estimate of drug-likeness (QED) is 0.431. The van der Waals surface area contributed by atoms with Gasteiger partial charge in [0.2, 0.25) is 0 Å². The highest BCUT2D eigenvalue weighted by molar-refractivity contribution is 5.83. The fourth-order valence-electron chi connectivity index (χ4n) is 1.48. The van der Waals surface area contributed by atoms with Crippen LogP contribution < -0.4 is 0 Å². The number of hydrogen-bond acceptors (Lipinski definition) is 3. The molecule has 0 spiro atoms. The van der Waals surface area contributed by atoms with Gasteiger partial charge in [0, 0.05) is 13.3 Å². The largest absolute Gasteiger partial charge is 0.393 e. The van der Waals surface area contributed by atoms with Gasteiger partial charge in [-0.2, -0.15) is 0 Å². The van der Waals surface area contributed by atoms with E-state index in [1.165, 1.54) is 12.5 Å². The minimum absolute atomic E-state index is 0.296. The standard InChI is InChI=1S/C14H17O3/c1-12(15)17-14(16)11-7-3-6-10-13-8-4-2-5-9-13/h2,4-6,8-9H,3,7,10-11H2,1H3. The van der Waals surface area contributed by atoms with E-state index < -0.39 is 11.9 Å². The second-order valence-electron chi connectivity index (χ2n) is 3.84. The molecule has 0 aliphatic carbocycles. The van der Waals surface area contributed by atoms with Crippen LogP contribution in [-0.2, 0) is 20.7 Å². The van der Waals surface area contributed by atoms with Crippen LogP contribution in [0.1, 0.15) is 31.7 Å². The second-order valence-corrected chi connectivity index (χ2v) is 3.84. The Labute approximate surface area is 102 Å². The van der Waals surface area contributed by atoms with Gasteiger partial charge >= 0.3 is 11.9 Å². The summed E-state index contributed by atoms with van der Waals surface area (Å²) in [5.41, 5.74) is 1.26. The SMILES string of the molecule is CC(=O)OC(=O)CCC[CH]Cc1ccccc1. The minimum Gasteiger partial charge on any atom is -0.393 e. The molecule has 3 nitrogen and oxygen atoms in total. The van der Waals surface area contributed by atoms with Gasteiger partial charge < -0.3 is 4.74 Å². The van der Waals surface area contributed by atoms with Crippen LogP contribution in [0, 0.1) is 6.42 Å². The molecule has 0 heterocycles. The maximum absolute atomic E-state index is 11.0. The van der Waals surface area contributed by atoms with Gasteiger partial charge in [-0.25, -0.2) is 0 Å². The van der Waals surface area contributed by atoms with Gasteiger partial charge in [0.25, 0.3) is 0 Å². The molecule has 1 rings (SSSR count). The van der Waals surface area contributed by atoms with Gasteiger partial charge in [0.1, 0.15) is 0 Å². The van der Waals surface area contributed by atoms with Gasteiger partial charge in [-0.05, 0) is 31.2 Å². The first kappa shape index (κ1) is 13.4. The zero-order chi connectivity index (χ0) is 12.5. The highest BCUT2D eigenvalue weighted by Crippen LogP contribution is 2.07. The molecule has 17 heavy (non-hydrogen) atoms. The predicted molar refractivity (Wildman–Crippen MR) is 65.1 cm³/mol. The van der Waals surface area contributed by atoms with E-state index in [-0.39, 0.29) is 0 Å². The van der Waals surface area contributed by atoms with Crippen LogP contribution in [0.2, 0.25) is 0 Å². The summed E-state index contributed by atoms with van der Waals surface area (Å²) in [6.07, 6.45) is 4.91. The molecule has 0 saturated carbocycles. The molecule has 0 fully saturated rings. The summed E-state index contributed by atoms with van der Waals surface area (Å²) in [5, 5.41) is 0. The lowest BCUT2D eigenvalue weighted by Crippen LogP contribution is -2.08. The van der Waals surface area contributed by atoms with Crippen molar-refractivity contribution in [3.05, 3.63) is 42.3 Å². The van der Waals surface area contributed by atoms with Crippen molar-refractivity contribution in [3.8, 4) is 0 Å². The van der Waals surface area contributed by atoms with Crippen LogP contribution in [0.5, 0.6) is 0 Å².